The van der Waals surface area contributed by atoms with E-state index in [1.165, 1.54) is 11.3 Å². The topological polar surface area (TPSA) is 57.1 Å². The van der Waals surface area contributed by atoms with Crippen LogP contribution >= 0.6 is 24.0 Å². The van der Waals surface area contributed by atoms with Gasteiger partial charge in [0, 0.05) is 25.4 Å². The van der Waals surface area contributed by atoms with Gasteiger partial charge in [-0.2, -0.15) is 0 Å². The number of aliphatic imine (C=N–C) groups is 1. The Bertz CT molecular complexity index is 523. The normalized spacial score (nSPS) is 15.2. The molecule has 0 fully saturated rings. The number of aliphatic hydroxyl groups is 1. The molecule has 0 saturated heterocycles. The Morgan fingerprint density at radius 3 is 2.79 bits per heavy atom. The molecule has 1 unspecified atom stereocenters. The SMILES string of the molecule is CCNC(=NCC(O)COCC(C)C)N1CCc2ccccc21.I. The first-order chi connectivity index (χ1) is 11.1. The van der Waals surface area contributed by atoms with E-state index in [-0.39, 0.29) is 24.0 Å². The molecule has 1 aromatic rings. The molecule has 1 aromatic carbocycles. The Hall–Kier alpha value is -0.860. The standard InChI is InChI=1S/C18H29N3O2.HI/c1-4-19-18(20-11-16(22)13-23-12-14(2)3)21-10-9-15-7-5-6-8-17(15)21;/h5-8,14,16,22H,4,9-13H2,1-3H3,(H,19,20);1H. The molecule has 6 heteroatoms. The molecule has 24 heavy (non-hydrogen) atoms. The van der Waals surface area contributed by atoms with Crippen LogP contribution in [0.3, 0.4) is 0 Å². The molecule has 1 heterocycles. The minimum absolute atomic E-state index is 0. The van der Waals surface area contributed by atoms with Crippen LogP contribution in [0, 0.1) is 5.92 Å². The summed E-state index contributed by atoms with van der Waals surface area (Å²) in [6.45, 7) is 9.32. The average Bonchev–Trinajstić information content (AvgIpc) is 2.95. The predicted molar refractivity (Wildman–Crippen MR) is 111 cm³/mol. The van der Waals surface area contributed by atoms with Crippen molar-refractivity contribution >= 4 is 35.6 Å². The number of nitrogens with one attached hydrogen (secondary N) is 1. The van der Waals surface area contributed by atoms with Crippen LogP contribution in [-0.2, 0) is 11.2 Å². The molecule has 0 bridgehead atoms. The lowest BCUT2D eigenvalue weighted by Gasteiger charge is -2.22. The monoisotopic (exact) mass is 447 g/mol. The zero-order valence-corrected chi connectivity index (χ0v) is 17.2. The Balaban J connectivity index is 0.00000288. The van der Waals surface area contributed by atoms with E-state index in [0.29, 0.717) is 25.7 Å². The van der Waals surface area contributed by atoms with Gasteiger partial charge in [-0.3, -0.25) is 4.99 Å². The second-order valence-corrected chi connectivity index (χ2v) is 6.31. The summed E-state index contributed by atoms with van der Waals surface area (Å²) in [5, 5.41) is 13.4. The summed E-state index contributed by atoms with van der Waals surface area (Å²) in [6, 6.07) is 8.41. The van der Waals surface area contributed by atoms with Crippen LogP contribution in [0.5, 0.6) is 0 Å². The van der Waals surface area contributed by atoms with Gasteiger partial charge in [0.05, 0.1) is 19.3 Å². The smallest absolute Gasteiger partial charge is 0.198 e. The van der Waals surface area contributed by atoms with Crippen LogP contribution in [0.1, 0.15) is 26.3 Å². The summed E-state index contributed by atoms with van der Waals surface area (Å²) in [7, 11) is 0. The zero-order chi connectivity index (χ0) is 16.7. The van der Waals surface area contributed by atoms with Crippen molar-refractivity contribution in [3.63, 3.8) is 0 Å². The zero-order valence-electron chi connectivity index (χ0n) is 14.9. The molecular formula is C18H30IN3O2. The van der Waals surface area contributed by atoms with Gasteiger partial charge < -0.3 is 20.1 Å². The van der Waals surface area contributed by atoms with E-state index >= 15 is 0 Å². The first kappa shape index (κ1) is 21.2. The number of aliphatic hydroxyl groups excluding tert-OH is 1. The number of fused-ring (bicyclic) bond motifs is 1. The fraction of sp³-hybridized carbons (Fsp3) is 0.611. The number of ether oxygens (including phenoxy) is 1. The van der Waals surface area contributed by atoms with E-state index in [4.69, 9.17) is 4.74 Å². The third-order valence-electron chi connectivity index (χ3n) is 3.69. The van der Waals surface area contributed by atoms with Gasteiger partial charge in [0.25, 0.3) is 0 Å². The first-order valence-electron chi connectivity index (χ1n) is 8.51. The Labute approximate surface area is 162 Å². The van der Waals surface area contributed by atoms with Crippen LogP contribution in [0.25, 0.3) is 0 Å². The van der Waals surface area contributed by atoms with Gasteiger partial charge in [-0.25, -0.2) is 0 Å². The molecule has 1 aliphatic rings. The summed E-state index contributed by atoms with van der Waals surface area (Å²) >= 11 is 0. The van der Waals surface area contributed by atoms with Gasteiger partial charge in [0.2, 0.25) is 0 Å². The van der Waals surface area contributed by atoms with Crippen LogP contribution in [0.2, 0.25) is 0 Å². The molecular weight excluding hydrogens is 417 g/mol. The van der Waals surface area contributed by atoms with Crippen LogP contribution < -0.4 is 10.2 Å². The molecule has 0 radical (unpaired) electrons. The highest BCUT2D eigenvalue weighted by Crippen LogP contribution is 2.27. The Morgan fingerprint density at radius 1 is 1.33 bits per heavy atom. The molecule has 0 saturated carbocycles. The highest BCUT2D eigenvalue weighted by Gasteiger charge is 2.22. The van der Waals surface area contributed by atoms with Gasteiger partial charge in [-0.05, 0) is 30.9 Å². The number of rotatable bonds is 7. The Kier molecular flexibility index (Phi) is 9.61. The van der Waals surface area contributed by atoms with Gasteiger partial charge in [0.1, 0.15) is 0 Å². The third-order valence-corrected chi connectivity index (χ3v) is 3.69. The lowest BCUT2D eigenvalue weighted by molar-refractivity contribution is 0.0301. The number of para-hydroxylation sites is 1. The van der Waals surface area contributed by atoms with Gasteiger partial charge >= 0.3 is 0 Å². The van der Waals surface area contributed by atoms with E-state index in [0.717, 1.165) is 25.5 Å². The quantitative estimate of drug-likeness (QED) is 0.384. The molecule has 1 aliphatic heterocycles. The minimum atomic E-state index is -0.569. The fourth-order valence-electron chi connectivity index (χ4n) is 2.64. The second kappa shape index (κ2) is 10.9. The summed E-state index contributed by atoms with van der Waals surface area (Å²) in [5.74, 6) is 1.31. The predicted octanol–water partition coefficient (Wildman–Crippen LogP) is 2.67. The number of hydrogen-bond acceptors (Lipinski definition) is 3. The van der Waals surface area contributed by atoms with Crippen LogP contribution in [-0.4, -0.2) is 50.0 Å². The van der Waals surface area contributed by atoms with Crippen molar-refractivity contribution in [2.75, 3.05) is 37.7 Å². The van der Waals surface area contributed by atoms with E-state index < -0.39 is 6.10 Å². The molecule has 1 atom stereocenters. The molecule has 2 N–H and O–H groups in total. The highest BCUT2D eigenvalue weighted by molar-refractivity contribution is 14.0. The molecule has 2 rings (SSSR count). The van der Waals surface area contributed by atoms with Crippen molar-refractivity contribution in [2.45, 2.75) is 33.3 Å². The number of hydrogen-bond donors (Lipinski definition) is 2. The summed E-state index contributed by atoms with van der Waals surface area (Å²) in [6.07, 6.45) is 0.459. The number of nitrogens with zero attached hydrogens (tertiary/aromatic N) is 2. The number of benzene rings is 1. The maximum atomic E-state index is 10.0. The van der Waals surface area contributed by atoms with Crippen molar-refractivity contribution in [3.8, 4) is 0 Å². The number of guanidine groups is 1. The van der Waals surface area contributed by atoms with Gasteiger partial charge in [0.15, 0.2) is 5.96 Å². The summed E-state index contributed by atoms with van der Waals surface area (Å²) in [5.41, 5.74) is 2.55. The van der Waals surface area contributed by atoms with Crippen molar-refractivity contribution in [2.24, 2.45) is 10.9 Å². The lowest BCUT2D eigenvalue weighted by atomic mass is 10.2. The molecule has 5 nitrogen and oxygen atoms in total. The number of halogens is 1. The van der Waals surface area contributed by atoms with Gasteiger partial charge in [-0.15, -0.1) is 24.0 Å². The van der Waals surface area contributed by atoms with Crippen molar-refractivity contribution in [1.29, 1.82) is 0 Å². The van der Waals surface area contributed by atoms with Crippen LogP contribution in [0.4, 0.5) is 5.69 Å². The van der Waals surface area contributed by atoms with Crippen molar-refractivity contribution in [1.82, 2.24) is 5.32 Å². The molecule has 0 aliphatic carbocycles. The first-order valence-corrected chi connectivity index (χ1v) is 8.51. The summed E-state index contributed by atoms with van der Waals surface area (Å²) in [4.78, 5) is 6.79. The number of anilines is 1. The minimum Gasteiger partial charge on any atom is -0.389 e. The molecule has 0 amide bonds. The summed E-state index contributed by atoms with van der Waals surface area (Å²) < 4.78 is 5.48. The third kappa shape index (κ3) is 6.22. The van der Waals surface area contributed by atoms with E-state index in [2.05, 4.69) is 60.2 Å². The average molecular weight is 447 g/mol. The highest BCUT2D eigenvalue weighted by atomic mass is 127. The largest absolute Gasteiger partial charge is 0.389 e. The van der Waals surface area contributed by atoms with Crippen molar-refractivity contribution in [3.05, 3.63) is 29.8 Å². The van der Waals surface area contributed by atoms with E-state index in [1.54, 1.807) is 0 Å². The maximum absolute atomic E-state index is 10.0. The molecule has 0 aromatic heterocycles. The van der Waals surface area contributed by atoms with E-state index in [1.807, 2.05) is 0 Å². The Morgan fingerprint density at radius 2 is 2.08 bits per heavy atom. The molecule has 0 spiro atoms. The fourth-order valence-corrected chi connectivity index (χ4v) is 2.64. The van der Waals surface area contributed by atoms with E-state index in [9.17, 15) is 5.11 Å². The lowest BCUT2D eigenvalue weighted by Crippen LogP contribution is -2.41. The molecule has 136 valence electrons. The maximum Gasteiger partial charge on any atom is 0.198 e. The van der Waals surface area contributed by atoms with Crippen molar-refractivity contribution < 1.29 is 9.84 Å². The second-order valence-electron chi connectivity index (χ2n) is 6.31. The van der Waals surface area contributed by atoms with Crippen LogP contribution in [0.15, 0.2) is 29.3 Å². The van der Waals surface area contributed by atoms with Gasteiger partial charge in [-0.1, -0.05) is 32.0 Å².